The Bertz CT molecular complexity index is 2530. The standard InChI is InChI=1S/C46H66O16P4.4K/c1-11-16-59-43-31(6)20-39(63(47,48)55-7)25-33(43)21-35-27-41(65(51,52)57-9)29-37(45(35)61-18-13-3)23-38-30-42(66(53,54)58-10)28-36(46(38)62-19-14-4)22-34-26-40(64(49,50)56-8)24-32(15-5)44(34)60-17-12-2;;;;/h20,24-30H,11-19,21-23H2,1-10H3,(H,47,48)(H,49,50)(H,51,52)(H,53,54);;;;/q;4*+1/p-4. The molecule has 0 fully saturated rings. The number of rotatable bonds is 27. The molecule has 4 unspecified atom stereocenters. The van der Waals surface area contributed by atoms with Gasteiger partial charge in [0, 0.05) is 68.9 Å². The minimum atomic E-state index is -4.76. The average Bonchev–Trinajstić information content (AvgIpc) is 3.29. The van der Waals surface area contributed by atoms with E-state index in [1.165, 1.54) is 48.5 Å². The minimum Gasteiger partial charge on any atom is -0.775 e. The Morgan fingerprint density at radius 3 is 0.829 bits per heavy atom. The van der Waals surface area contributed by atoms with Crippen molar-refractivity contribution >= 4 is 51.6 Å². The summed E-state index contributed by atoms with van der Waals surface area (Å²) in [7, 11) is -14.3. The summed E-state index contributed by atoms with van der Waals surface area (Å²) in [6, 6.07) is 11.4. The molecule has 4 aromatic carbocycles. The number of aryl methyl sites for hydroxylation is 2. The van der Waals surface area contributed by atoms with Crippen molar-refractivity contribution in [2.24, 2.45) is 0 Å². The zero-order valence-corrected chi connectivity index (χ0v) is 59.5. The first-order valence-electron chi connectivity index (χ1n) is 21.8. The van der Waals surface area contributed by atoms with E-state index in [0.29, 0.717) is 101 Å². The summed E-state index contributed by atoms with van der Waals surface area (Å²) in [5, 5.41) is -0.652. The van der Waals surface area contributed by atoms with Gasteiger partial charge < -0.3 is 74.9 Å². The second kappa shape index (κ2) is 34.4. The van der Waals surface area contributed by atoms with Crippen molar-refractivity contribution in [3.05, 3.63) is 93.0 Å². The predicted molar refractivity (Wildman–Crippen MR) is 248 cm³/mol. The van der Waals surface area contributed by atoms with Crippen LogP contribution in [0.2, 0.25) is 0 Å². The number of ether oxygens (including phenoxy) is 4. The molecule has 0 amide bonds. The van der Waals surface area contributed by atoms with Crippen molar-refractivity contribution < 1.29 is 280 Å². The Kier molecular flexibility index (Phi) is 36.0. The zero-order valence-electron chi connectivity index (χ0n) is 43.4. The third-order valence-corrected chi connectivity index (χ3v) is 16.1. The van der Waals surface area contributed by atoms with Crippen LogP contribution in [0.3, 0.4) is 0 Å². The van der Waals surface area contributed by atoms with Gasteiger partial charge in [0.1, 0.15) is 23.0 Å². The molecule has 16 nitrogen and oxygen atoms in total. The molecule has 0 saturated carbocycles. The summed E-state index contributed by atoms with van der Waals surface area (Å²) in [4.78, 5) is 53.5. The Labute approximate surface area is 584 Å². The Balaban J connectivity index is 0.0000119. The van der Waals surface area contributed by atoms with Gasteiger partial charge in [0.15, 0.2) is 30.4 Å². The molecule has 0 heterocycles. The summed E-state index contributed by atoms with van der Waals surface area (Å²) in [6.07, 6.45) is 2.47. The van der Waals surface area contributed by atoms with Crippen LogP contribution >= 0.6 is 30.4 Å². The Morgan fingerprint density at radius 1 is 0.371 bits per heavy atom. The summed E-state index contributed by atoms with van der Waals surface area (Å²) < 4.78 is 98.7. The van der Waals surface area contributed by atoms with E-state index in [1.807, 2.05) is 34.6 Å². The van der Waals surface area contributed by atoms with Crippen LogP contribution in [0.15, 0.2) is 48.5 Å². The van der Waals surface area contributed by atoms with Crippen LogP contribution in [0.25, 0.3) is 0 Å². The summed E-state index contributed by atoms with van der Waals surface area (Å²) in [5.74, 6) is 1.35. The van der Waals surface area contributed by atoms with Crippen LogP contribution in [0.1, 0.15) is 105 Å². The van der Waals surface area contributed by atoms with E-state index in [9.17, 15) is 37.8 Å². The van der Waals surface area contributed by atoms with E-state index in [1.54, 1.807) is 6.92 Å². The number of benzene rings is 4. The molecule has 0 bridgehead atoms. The second-order valence-electron chi connectivity index (χ2n) is 15.5. The predicted octanol–water partition coefficient (Wildman–Crippen LogP) is -6.20. The second-order valence-corrected chi connectivity index (χ2v) is 23.0. The van der Waals surface area contributed by atoms with Crippen LogP contribution < -0.4 is 265 Å². The molecule has 4 rings (SSSR count). The number of hydrogen-bond donors (Lipinski definition) is 0. The monoisotopic (exact) mass is 1150 g/mol. The van der Waals surface area contributed by atoms with E-state index in [4.69, 9.17) is 37.0 Å². The topological polar surface area (TPSA) is 234 Å². The number of hydrogen-bond acceptors (Lipinski definition) is 16. The van der Waals surface area contributed by atoms with E-state index >= 15 is 0 Å². The van der Waals surface area contributed by atoms with Gasteiger partial charge in [0.05, 0.1) is 26.4 Å². The van der Waals surface area contributed by atoms with Crippen molar-refractivity contribution in [2.75, 3.05) is 54.9 Å². The maximum Gasteiger partial charge on any atom is 1.00 e. The first kappa shape index (κ1) is 73.2. The smallest absolute Gasteiger partial charge is 0.775 e. The Hall–Kier alpha value is 3.23. The van der Waals surface area contributed by atoms with Crippen LogP contribution in [0.5, 0.6) is 23.0 Å². The van der Waals surface area contributed by atoms with Gasteiger partial charge in [0.2, 0.25) is 0 Å². The van der Waals surface area contributed by atoms with Gasteiger partial charge in [-0.1, -0.05) is 34.6 Å². The first-order chi connectivity index (χ1) is 31.2. The minimum absolute atomic E-state index is 0. The van der Waals surface area contributed by atoms with E-state index in [0.717, 1.165) is 28.4 Å². The average molecular weight is 1150 g/mol. The maximum absolute atomic E-state index is 13.7. The summed E-state index contributed by atoms with van der Waals surface area (Å²) in [6.45, 7) is 12.2. The van der Waals surface area contributed by atoms with E-state index in [2.05, 4.69) is 0 Å². The van der Waals surface area contributed by atoms with Gasteiger partial charge in [-0.25, -0.2) is 0 Å². The molecule has 0 N–H and O–H groups in total. The molecular formula is C46H62K4O16P4. The van der Waals surface area contributed by atoms with Crippen LogP contribution in [0, 0.1) is 6.92 Å². The molecule has 24 heteroatoms. The van der Waals surface area contributed by atoms with E-state index < -0.39 is 30.4 Å². The van der Waals surface area contributed by atoms with Gasteiger partial charge in [0.25, 0.3) is 0 Å². The molecule has 366 valence electrons. The Morgan fingerprint density at radius 2 is 0.586 bits per heavy atom. The van der Waals surface area contributed by atoms with Gasteiger partial charge in [-0.05, 0) is 132 Å². The third-order valence-electron chi connectivity index (χ3n) is 10.6. The molecule has 0 saturated heterocycles. The molecule has 4 aromatic rings. The third kappa shape index (κ3) is 19.8. The van der Waals surface area contributed by atoms with Crippen molar-refractivity contribution in [1.29, 1.82) is 0 Å². The molecule has 0 aliphatic rings. The zero-order chi connectivity index (χ0) is 49.0. The maximum atomic E-state index is 13.7. The molecule has 70 heavy (non-hydrogen) atoms. The van der Waals surface area contributed by atoms with Gasteiger partial charge in [-0.15, -0.1) is 0 Å². The van der Waals surface area contributed by atoms with Crippen LogP contribution in [-0.4, -0.2) is 54.9 Å². The molecular weight excluding hydrogens is 1090 g/mol. The van der Waals surface area contributed by atoms with Crippen LogP contribution in [-0.2, 0) is 62.0 Å². The molecule has 4 atom stereocenters. The fourth-order valence-electron chi connectivity index (χ4n) is 7.33. The van der Waals surface area contributed by atoms with Crippen molar-refractivity contribution in [1.82, 2.24) is 0 Å². The van der Waals surface area contributed by atoms with E-state index in [-0.39, 0.29) is 271 Å². The van der Waals surface area contributed by atoms with Crippen LogP contribution in [0.4, 0.5) is 0 Å². The molecule has 0 spiro atoms. The molecule has 0 aliphatic heterocycles. The normalized spacial score (nSPS) is 14.4. The first-order valence-corrected chi connectivity index (χ1v) is 28.0. The summed E-state index contributed by atoms with van der Waals surface area (Å²) >= 11 is 0. The molecule has 0 aromatic heterocycles. The molecule has 0 radical (unpaired) electrons. The van der Waals surface area contributed by atoms with Crippen molar-refractivity contribution in [3.8, 4) is 23.0 Å². The summed E-state index contributed by atoms with van der Waals surface area (Å²) in [5.41, 5.74) is 3.21. The molecule has 0 aliphatic carbocycles. The van der Waals surface area contributed by atoms with Gasteiger partial charge in [-0.2, -0.15) is 0 Å². The van der Waals surface area contributed by atoms with Crippen molar-refractivity contribution in [3.63, 3.8) is 0 Å². The largest absolute Gasteiger partial charge is 1.00 e. The van der Waals surface area contributed by atoms with Crippen molar-refractivity contribution in [2.45, 2.75) is 92.9 Å². The fourth-order valence-corrected chi connectivity index (χ4v) is 10.7. The quantitative estimate of drug-likeness (QED) is 0.0399. The van der Waals surface area contributed by atoms with Gasteiger partial charge in [-0.3, -0.25) is 0 Å². The SMILES string of the molecule is CCCOc1c(C)cc(P(=O)([O-])OC)cc1Cc1cc(P(=O)([O-])OC)cc(Cc2cc(P(=O)([O-])OC)cc(Cc3cc(P(=O)([O-])OC)cc(CC)c3OCCC)c2OCCC)c1OCCC.[K+].[K+].[K+].[K+]. The fraction of sp³-hybridized carbons (Fsp3) is 0.478. The van der Waals surface area contributed by atoms with Gasteiger partial charge >= 0.3 is 206 Å².